The van der Waals surface area contributed by atoms with Gasteiger partial charge in [0.15, 0.2) is 0 Å². The van der Waals surface area contributed by atoms with Crippen LogP contribution in [0.4, 0.5) is 5.69 Å². The van der Waals surface area contributed by atoms with E-state index < -0.39 is 0 Å². The number of hydrogen-bond acceptors (Lipinski definition) is 5. The second-order valence-electron chi connectivity index (χ2n) is 6.87. The molecule has 3 aromatic rings. The Morgan fingerprint density at radius 3 is 2.55 bits per heavy atom. The predicted octanol–water partition coefficient (Wildman–Crippen LogP) is 4.59. The first-order valence-electron chi connectivity index (χ1n) is 9.79. The number of amides is 1. The molecule has 0 fully saturated rings. The molecule has 152 valence electrons. The fourth-order valence-corrected chi connectivity index (χ4v) is 3.08. The van der Waals surface area contributed by atoms with Crippen molar-refractivity contribution >= 4 is 11.6 Å². The first kappa shape index (κ1) is 20.6. The lowest BCUT2D eigenvalue weighted by molar-refractivity contribution is -0.121. The van der Waals surface area contributed by atoms with Crippen LogP contribution in [0, 0.1) is 0 Å². The van der Waals surface area contributed by atoms with Gasteiger partial charge in [-0.05, 0) is 56.3 Å². The topological polar surface area (TPSA) is 67.6 Å². The summed E-state index contributed by atoms with van der Waals surface area (Å²) in [5.74, 6) is 1.30. The van der Waals surface area contributed by atoms with Crippen molar-refractivity contribution in [2.75, 3.05) is 19.0 Å². The van der Waals surface area contributed by atoms with Gasteiger partial charge in [0, 0.05) is 17.8 Å². The molecular weight excluding hydrogens is 366 g/mol. The van der Waals surface area contributed by atoms with Gasteiger partial charge < -0.3 is 14.5 Å². The Morgan fingerprint density at radius 1 is 1.17 bits per heavy atom. The van der Waals surface area contributed by atoms with Crippen LogP contribution < -0.4 is 10.1 Å². The standard InChI is InChI=1S/C23H27N3O3/c1-4-14-26(17(2)22(27)24-19-8-6-5-7-9-19)15-20-16-29-23(25-20)18-10-12-21(28-3)13-11-18/h5-13,16-17H,4,14-15H2,1-3H3,(H,24,27). The Morgan fingerprint density at radius 2 is 1.90 bits per heavy atom. The lowest BCUT2D eigenvalue weighted by atomic mass is 10.2. The summed E-state index contributed by atoms with van der Waals surface area (Å²) in [5.41, 5.74) is 2.47. The van der Waals surface area contributed by atoms with Gasteiger partial charge >= 0.3 is 0 Å². The van der Waals surface area contributed by atoms with E-state index in [9.17, 15) is 4.79 Å². The molecule has 6 nitrogen and oxygen atoms in total. The molecular formula is C23H27N3O3. The molecule has 0 bridgehead atoms. The molecule has 0 aliphatic rings. The fraction of sp³-hybridized carbons (Fsp3) is 0.304. The molecule has 1 aromatic heterocycles. The van der Waals surface area contributed by atoms with Gasteiger partial charge in [0.2, 0.25) is 11.8 Å². The number of rotatable bonds is 9. The largest absolute Gasteiger partial charge is 0.497 e. The second kappa shape index (κ2) is 9.89. The van der Waals surface area contributed by atoms with E-state index in [2.05, 4.69) is 22.1 Å². The van der Waals surface area contributed by atoms with Gasteiger partial charge in [-0.3, -0.25) is 9.69 Å². The van der Waals surface area contributed by atoms with E-state index in [1.54, 1.807) is 13.4 Å². The first-order chi connectivity index (χ1) is 14.1. The van der Waals surface area contributed by atoms with E-state index in [0.29, 0.717) is 12.4 Å². The molecule has 3 rings (SSSR count). The van der Waals surface area contributed by atoms with E-state index in [1.807, 2.05) is 61.5 Å². The third kappa shape index (κ3) is 5.45. The second-order valence-corrected chi connectivity index (χ2v) is 6.87. The number of nitrogens with zero attached hydrogens (tertiary/aromatic N) is 2. The summed E-state index contributed by atoms with van der Waals surface area (Å²) in [6.07, 6.45) is 2.59. The number of hydrogen-bond donors (Lipinski definition) is 1. The number of oxazole rings is 1. The minimum atomic E-state index is -0.295. The molecule has 0 radical (unpaired) electrons. The van der Waals surface area contributed by atoms with Gasteiger partial charge in [0.05, 0.1) is 18.8 Å². The van der Waals surface area contributed by atoms with Gasteiger partial charge in [-0.15, -0.1) is 0 Å². The van der Waals surface area contributed by atoms with Crippen LogP contribution in [0.3, 0.4) is 0 Å². The molecule has 1 atom stereocenters. The zero-order chi connectivity index (χ0) is 20.6. The SMILES string of the molecule is CCCN(Cc1coc(-c2ccc(OC)cc2)n1)C(C)C(=O)Nc1ccccc1. The number of carbonyl (C=O) groups excluding carboxylic acids is 1. The van der Waals surface area contributed by atoms with Gasteiger partial charge in [-0.1, -0.05) is 25.1 Å². The Labute approximate surface area is 171 Å². The van der Waals surface area contributed by atoms with Crippen LogP contribution in [0.25, 0.3) is 11.5 Å². The zero-order valence-electron chi connectivity index (χ0n) is 17.1. The summed E-state index contributed by atoms with van der Waals surface area (Å²) in [4.78, 5) is 19.4. The maximum absolute atomic E-state index is 12.7. The van der Waals surface area contributed by atoms with Crippen molar-refractivity contribution in [3.05, 3.63) is 66.6 Å². The number of aromatic nitrogens is 1. The highest BCUT2D eigenvalue weighted by Crippen LogP contribution is 2.22. The lowest BCUT2D eigenvalue weighted by Gasteiger charge is -2.27. The highest BCUT2D eigenvalue weighted by molar-refractivity contribution is 5.94. The third-order valence-electron chi connectivity index (χ3n) is 4.73. The number of ether oxygens (including phenoxy) is 1. The molecule has 0 aliphatic heterocycles. The van der Waals surface area contributed by atoms with Crippen molar-refractivity contribution in [1.29, 1.82) is 0 Å². The number of anilines is 1. The van der Waals surface area contributed by atoms with Crippen LogP contribution in [-0.4, -0.2) is 35.5 Å². The van der Waals surface area contributed by atoms with Crippen LogP contribution in [0.5, 0.6) is 5.75 Å². The minimum absolute atomic E-state index is 0.0384. The quantitative estimate of drug-likeness (QED) is 0.576. The van der Waals surface area contributed by atoms with Crippen LogP contribution in [0.2, 0.25) is 0 Å². The van der Waals surface area contributed by atoms with Crippen molar-refractivity contribution in [2.45, 2.75) is 32.9 Å². The molecule has 6 heteroatoms. The summed E-state index contributed by atoms with van der Waals surface area (Å²) in [7, 11) is 1.63. The van der Waals surface area contributed by atoms with Crippen molar-refractivity contribution < 1.29 is 13.9 Å². The summed E-state index contributed by atoms with van der Waals surface area (Å²) in [6, 6.07) is 16.8. The van der Waals surface area contributed by atoms with Gasteiger partial charge in [0.1, 0.15) is 12.0 Å². The Kier molecular flexibility index (Phi) is 7.03. The highest BCUT2D eigenvalue weighted by Gasteiger charge is 2.22. The Balaban J connectivity index is 1.68. The Bertz CT molecular complexity index is 907. The van der Waals surface area contributed by atoms with Crippen molar-refractivity contribution in [1.82, 2.24) is 9.88 Å². The molecule has 0 saturated heterocycles. The van der Waals surface area contributed by atoms with E-state index in [1.165, 1.54) is 0 Å². The summed E-state index contributed by atoms with van der Waals surface area (Å²) < 4.78 is 10.8. The monoisotopic (exact) mass is 393 g/mol. The normalized spacial score (nSPS) is 12.0. The maximum Gasteiger partial charge on any atom is 0.241 e. The molecule has 1 N–H and O–H groups in total. The summed E-state index contributed by atoms with van der Waals surface area (Å²) in [5, 5.41) is 2.97. The van der Waals surface area contributed by atoms with Gasteiger partial charge in [0.25, 0.3) is 0 Å². The third-order valence-corrected chi connectivity index (χ3v) is 4.73. The zero-order valence-corrected chi connectivity index (χ0v) is 17.1. The predicted molar refractivity (Wildman–Crippen MR) is 114 cm³/mol. The van der Waals surface area contributed by atoms with E-state index in [0.717, 1.165) is 35.7 Å². The number of para-hydroxylation sites is 1. The van der Waals surface area contributed by atoms with Gasteiger partial charge in [-0.2, -0.15) is 0 Å². The average molecular weight is 393 g/mol. The van der Waals surface area contributed by atoms with E-state index in [4.69, 9.17) is 9.15 Å². The van der Waals surface area contributed by atoms with E-state index in [-0.39, 0.29) is 11.9 Å². The molecule has 29 heavy (non-hydrogen) atoms. The van der Waals surface area contributed by atoms with Crippen molar-refractivity contribution in [3.63, 3.8) is 0 Å². The van der Waals surface area contributed by atoms with Crippen LogP contribution in [0.1, 0.15) is 26.0 Å². The van der Waals surface area contributed by atoms with Crippen LogP contribution in [0.15, 0.2) is 65.3 Å². The van der Waals surface area contributed by atoms with Crippen molar-refractivity contribution in [2.24, 2.45) is 0 Å². The number of carbonyl (C=O) groups is 1. The molecule has 1 heterocycles. The maximum atomic E-state index is 12.7. The molecule has 1 unspecified atom stereocenters. The number of nitrogens with one attached hydrogen (secondary N) is 1. The van der Waals surface area contributed by atoms with Crippen molar-refractivity contribution in [3.8, 4) is 17.2 Å². The summed E-state index contributed by atoms with van der Waals surface area (Å²) in [6.45, 7) is 5.34. The number of methoxy groups -OCH3 is 1. The number of benzene rings is 2. The first-order valence-corrected chi connectivity index (χ1v) is 9.79. The average Bonchev–Trinajstić information content (AvgIpc) is 3.22. The van der Waals surface area contributed by atoms with E-state index >= 15 is 0 Å². The fourth-order valence-electron chi connectivity index (χ4n) is 3.08. The molecule has 2 aromatic carbocycles. The summed E-state index contributed by atoms with van der Waals surface area (Å²) >= 11 is 0. The molecule has 1 amide bonds. The van der Waals surface area contributed by atoms with Gasteiger partial charge in [-0.25, -0.2) is 4.98 Å². The highest BCUT2D eigenvalue weighted by atomic mass is 16.5. The minimum Gasteiger partial charge on any atom is -0.497 e. The molecule has 0 aliphatic carbocycles. The Hall–Kier alpha value is -3.12. The lowest BCUT2D eigenvalue weighted by Crippen LogP contribution is -2.42. The molecule has 0 spiro atoms. The van der Waals surface area contributed by atoms with Crippen LogP contribution >= 0.6 is 0 Å². The van der Waals surface area contributed by atoms with Crippen LogP contribution in [-0.2, 0) is 11.3 Å². The molecule has 0 saturated carbocycles. The smallest absolute Gasteiger partial charge is 0.241 e.